The van der Waals surface area contributed by atoms with E-state index in [1.165, 1.54) is 10.9 Å². The summed E-state index contributed by atoms with van der Waals surface area (Å²) in [5, 5.41) is 4.93. The van der Waals surface area contributed by atoms with Crippen molar-refractivity contribution in [3.63, 3.8) is 0 Å². The molecule has 31 heavy (non-hydrogen) atoms. The number of para-hydroxylation sites is 1. The van der Waals surface area contributed by atoms with Gasteiger partial charge < -0.3 is 0 Å². The summed E-state index contributed by atoms with van der Waals surface area (Å²) in [5.41, 5.74) is 6.59. The Bertz CT molecular complexity index is 1250. The first kappa shape index (κ1) is 20.2. The lowest BCUT2D eigenvalue weighted by atomic mass is 10.0. The van der Waals surface area contributed by atoms with Crippen molar-refractivity contribution in [2.45, 2.75) is 19.9 Å². The van der Waals surface area contributed by atoms with Gasteiger partial charge in [0.15, 0.2) is 0 Å². The molecule has 0 saturated carbocycles. The van der Waals surface area contributed by atoms with E-state index in [-0.39, 0.29) is 24.4 Å². The number of carbonyl (C=O) groups is 1. The molecule has 0 aliphatic heterocycles. The normalized spacial score (nSPS) is 10.6. The van der Waals surface area contributed by atoms with E-state index in [1.54, 1.807) is 6.07 Å². The van der Waals surface area contributed by atoms with E-state index in [1.807, 2.05) is 79.7 Å². The van der Waals surface area contributed by atoms with Crippen molar-refractivity contribution in [2.24, 2.45) is 5.10 Å². The minimum absolute atomic E-state index is 0.110. The highest BCUT2D eigenvalue weighted by Crippen LogP contribution is 2.12. The van der Waals surface area contributed by atoms with Gasteiger partial charge in [0.05, 0.1) is 22.9 Å². The molecular formula is C25H22N4O2. The van der Waals surface area contributed by atoms with Crippen LogP contribution >= 0.6 is 0 Å². The van der Waals surface area contributed by atoms with Crippen LogP contribution in [-0.2, 0) is 11.3 Å². The fourth-order valence-electron chi connectivity index (χ4n) is 3.38. The second kappa shape index (κ2) is 9.17. The molecule has 4 rings (SSSR count). The van der Waals surface area contributed by atoms with Gasteiger partial charge in [-0.25, -0.2) is 10.4 Å². The number of hydrogen-bond donors (Lipinski definition) is 1. The number of aryl methyl sites for hydroxylation is 2. The summed E-state index contributed by atoms with van der Waals surface area (Å²) < 4.78 is 1.46. The summed E-state index contributed by atoms with van der Waals surface area (Å²) in [7, 11) is 0. The van der Waals surface area contributed by atoms with E-state index in [0.29, 0.717) is 16.6 Å². The van der Waals surface area contributed by atoms with E-state index in [9.17, 15) is 9.59 Å². The molecular weight excluding hydrogens is 388 g/mol. The lowest BCUT2D eigenvalue weighted by Crippen LogP contribution is -2.26. The molecule has 4 aromatic rings. The van der Waals surface area contributed by atoms with E-state index < -0.39 is 0 Å². The number of hydrazone groups is 1. The molecule has 0 aliphatic rings. The largest absolute Gasteiger partial charge is 0.298 e. The van der Waals surface area contributed by atoms with Crippen molar-refractivity contribution >= 4 is 22.5 Å². The third kappa shape index (κ3) is 4.59. The molecule has 6 nitrogen and oxygen atoms in total. The zero-order chi connectivity index (χ0) is 21.6. The summed E-state index contributed by atoms with van der Waals surface area (Å²) in [6.45, 7) is 2.14. The fourth-order valence-corrected chi connectivity index (χ4v) is 3.38. The fraction of sp³-hybridized carbons (Fsp3) is 0.120. The van der Waals surface area contributed by atoms with Crippen LogP contribution in [-0.4, -0.2) is 21.2 Å². The summed E-state index contributed by atoms with van der Waals surface area (Å²) in [4.78, 5) is 29.5. The van der Waals surface area contributed by atoms with Gasteiger partial charge in [-0.1, -0.05) is 72.8 Å². The first-order chi connectivity index (χ1) is 15.1. The Kier molecular flexibility index (Phi) is 5.98. The van der Waals surface area contributed by atoms with Gasteiger partial charge in [-0.05, 0) is 18.6 Å². The third-order valence-corrected chi connectivity index (χ3v) is 5.02. The molecule has 154 valence electrons. The van der Waals surface area contributed by atoms with Gasteiger partial charge >= 0.3 is 0 Å². The number of amides is 1. The van der Waals surface area contributed by atoms with Crippen molar-refractivity contribution < 1.29 is 4.79 Å². The van der Waals surface area contributed by atoms with Crippen LogP contribution in [0.15, 0.2) is 95.1 Å². The maximum Gasteiger partial charge on any atom is 0.261 e. The Morgan fingerprint density at radius 2 is 1.58 bits per heavy atom. The molecule has 1 N–H and O–H groups in total. The molecule has 0 unspecified atom stereocenters. The van der Waals surface area contributed by atoms with Gasteiger partial charge in [0.1, 0.15) is 0 Å². The zero-order valence-corrected chi connectivity index (χ0v) is 17.2. The number of hydrogen-bond acceptors (Lipinski definition) is 4. The van der Waals surface area contributed by atoms with E-state index >= 15 is 0 Å². The smallest absolute Gasteiger partial charge is 0.261 e. The molecule has 1 heterocycles. The second-order valence-electron chi connectivity index (χ2n) is 7.19. The minimum Gasteiger partial charge on any atom is -0.298 e. The van der Waals surface area contributed by atoms with Crippen molar-refractivity contribution in [3.05, 3.63) is 112 Å². The third-order valence-electron chi connectivity index (χ3n) is 5.02. The zero-order valence-electron chi connectivity index (χ0n) is 17.2. The second-order valence-corrected chi connectivity index (χ2v) is 7.19. The average Bonchev–Trinajstić information content (AvgIpc) is 2.81. The van der Waals surface area contributed by atoms with Crippen LogP contribution in [0.1, 0.15) is 23.1 Å². The molecule has 1 aromatic heterocycles. The Balaban J connectivity index is 1.50. The molecule has 6 heteroatoms. The number of nitrogens with one attached hydrogen (secondary N) is 1. The van der Waals surface area contributed by atoms with Crippen molar-refractivity contribution in [3.8, 4) is 0 Å². The maximum absolute atomic E-state index is 12.7. The Morgan fingerprint density at radius 3 is 2.23 bits per heavy atom. The van der Waals surface area contributed by atoms with Crippen molar-refractivity contribution in [1.29, 1.82) is 0 Å². The van der Waals surface area contributed by atoms with Crippen LogP contribution in [0, 0.1) is 6.92 Å². The maximum atomic E-state index is 12.7. The molecule has 0 bridgehead atoms. The molecule has 0 aliphatic carbocycles. The molecule has 0 atom stereocenters. The van der Waals surface area contributed by atoms with E-state index in [0.717, 1.165) is 16.7 Å². The van der Waals surface area contributed by atoms with E-state index in [2.05, 4.69) is 15.5 Å². The van der Waals surface area contributed by atoms with Gasteiger partial charge in [0, 0.05) is 24.1 Å². The van der Waals surface area contributed by atoms with Gasteiger partial charge in [-0.3, -0.25) is 14.2 Å². The molecule has 0 saturated heterocycles. The molecule has 0 fully saturated rings. The Hall–Kier alpha value is -4.06. The summed E-state index contributed by atoms with van der Waals surface area (Å²) in [6, 6.07) is 24.9. The average molecular weight is 410 g/mol. The standard InChI is InChI=1S/C25H22N4O2/c1-18-9-8-14-21-23(18)26-17-29(25(21)31)16-15-22(30)27-28-24(19-10-4-2-5-11-19)20-12-6-3-7-13-20/h2-14,17H,15-16H2,1H3,(H,27,30). The number of fused-ring (bicyclic) bond motifs is 1. The van der Waals surface area contributed by atoms with Crippen LogP contribution in [0.3, 0.4) is 0 Å². The summed E-state index contributed by atoms with van der Waals surface area (Å²) in [5.74, 6) is -0.277. The molecule has 0 spiro atoms. The van der Waals surface area contributed by atoms with Crippen LogP contribution in [0.5, 0.6) is 0 Å². The van der Waals surface area contributed by atoms with E-state index in [4.69, 9.17) is 0 Å². The van der Waals surface area contributed by atoms with Crippen molar-refractivity contribution in [1.82, 2.24) is 15.0 Å². The predicted molar refractivity (Wildman–Crippen MR) is 122 cm³/mol. The lowest BCUT2D eigenvalue weighted by Gasteiger charge is -2.09. The predicted octanol–water partition coefficient (Wildman–Crippen LogP) is 3.66. The summed E-state index contributed by atoms with van der Waals surface area (Å²) >= 11 is 0. The molecule has 1 amide bonds. The highest BCUT2D eigenvalue weighted by atomic mass is 16.2. The Labute approximate surface area is 179 Å². The number of benzene rings is 3. The lowest BCUT2D eigenvalue weighted by molar-refractivity contribution is -0.121. The highest BCUT2D eigenvalue weighted by molar-refractivity contribution is 6.13. The SMILES string of the molecule is Cc1cccc2c(=O)n(CCC(=O)NN=C(c3ccccc3)c3ccccc3)cnc12. The summed E-state index contributed by atoms with van der Waals surface area (Å²) in [6.07, 6.45) is 1.60. The van der Waals surface area contributed by atoms with Crippen LogP contribution in [0.25, 0.3) is 10.9 Å². The molecule has 3 aromatic carbocycles. The highest BCUT2D eigenvalue weighted by Gasteiger charge is 2.10. The van der Waals surface area contributed by atoms with Crippen molar-refractivity contribution in [2.75, 3.05) is 0 Å². The quantitative estimate of drug-likeness (QED) is 0.389. The van der Waals surface area contributed by atoms with Crippen LogP contribution < -0.4 is 11.0 Å². The number of nitrogens with zero attached hydrogens (tertiary/aromatic N) is 3. The van der Waals surface area contributed by atoms with Gasteiger partial charge in [0.25, 0.3) is 5.56 Å². The van der Waals surface area contributed by atoms with Crippen LogP contribution in [0.4, 0.5) is 0 Å². The monoisotopic (exact) mass is 410 g/mol. The number of rotatable bonds is 6. The number of carbonyl (C=O) groups excluding carboxylic acids is 1. The van der Waals surface area contributed by atoms with Gasteiger partial charge in [0.2, 0.25) is 5.91 Å². The first-order valence-corrected chi connectivity index (χ1v) is 10.1. The minimum atomic E-state index is -0.277. The van der Waals surface area contributed by atoms with Crippen LogP contribution in [0.2, 0.25) is 0 Å². The first-order valence-electron chi connectivity index (χ1n) is 10.1. The topological polar surface area (TPSA) is 76.3 Å². The Morgan fingerprint density at radius 1 is 0.935 bits per heavy atom. The van der Waals surface area contributed by atoms with Gasteiger partial charge in [-0.2, -0.15) is 5.10 Å². The van der Waals surface area contributed by atoms with Gasteiger partial charge in [-0.15, -0.1) is 0 Å². The molecule has 0 radical (unpaired) electrons. The number of aromatic nitrogens is 2.